The summed E-state index contributed by atoms with van der Waals surface area (Å²) in [5.41, 5.74) is 5.80. The molecule has 5 heteroatoms. The number of rotatable bonds is 6. The minimum absolute atomic E-state index is 0. The Balaban J connectivity index is 0.00000320. The van der Waals surface area contributed by atoms with Gasteiger partial charge in [0.15, 0.2) is 0 Å². The van der Waals surface area contributed by atoms with E-state index < -0.39 is 10.1 Å². The number of hydrogen-bond acceptors (Lipinski definition) is 3. The molecular weight excluding hydrogens is 487 g/mol. The number of hydrogen-bond donors (Lipinski definition) is 0. The van der Waals surface area contributed by atoms with Gasteiger partial charge in [0, 0.05) is 5.57 Å². The monoisotopic (exact) mass is 510 g/mol. The van der Waals surface area contributed by atoms with E-state index >= 15 is 0 Å². The van der Waals surface area contributed by atoms with Crippen LogP contribution in [0.25, 0.3) is 32.7 Å². The molecule has 0 aliphatic carbocycles. The molecule has 5 rings (SSSR count). The van der Waals surface area contributed by atoms with Crippen LogP contribution in [0.1, 0.15) is 16.7 Å². The molecule has 0 saturated carbocycles. The van der Waals surface area contributed by atoms with Gasteiger partial charge in [0.2, 0.25) is 0 Å². The summed E-state index contributed by atoms with van der Waals surface area (Å²) in [6.07, 6.45) is 0. The molecule has 0 unspecified atom stereocenters. The summed E-state index contributed by atoms with van der Waals surface area (Å²) in [7, 11) is -4.86. The van der Waals surface area contributed by atoms with Crippen molar-refractivity contribution in [3.8, 4) is 22.3 Å². The predicted molar refractivity (Wildman–Crippen MR) is 146 cm³/mol. The van der Waals surface area contributed by atoms with Gasteiger partial charge in [-0.1, -0.05) is 140 Å². The third-order valence-electron chi connectivity index (χ3n) is 6.06. The fourth-order valence-electron chi connectivity index (χ4n) is 4.55. The minimum Gasteiger partial charge on any atom is -0.744 e. The maximum absolute atomic E-state index is 12.9. The molecule has 3 nitrogen and oxygen atoms in total. The van der Waals surface area contributed by atoms with E-state index in [2.05, 4.69) is 0 Å². The maximum Gasteiger partial charge on any atom is 1.00 e. The van der Waals surface area contributed by atoms with Crippen LogP contribution in [0.4, 0.5) is 0 Å². The standard InChI is InChI=1S/C32H24O3S.Na/c33-36(34,35)32(27-20-11-4-12-21-27)31(26-18-9-3-10-19-26)29-23-13-22-28(24-14-5-1-6-15-24)30(29)25-16-7-2-8-17-25;/h1-23H,(H,33,34,35);/q;+1/p-1. The van der Waals surface area contributed by atoms with Crippen molar-refractivity contribution in [3.63, 3.8) is 0 Å². The van der Waals surface area contributed by atoms with Gasteiger partial charge in [0.05, 0.1) is 4.91 Å². The fourth-order valence-corrected chi connectivity index (χ4v) is 5.45. The normalized spacial score (nSPS) is 11.8. The zero-order chi connectivity index (χ0) is 25.0. The molecule has 0 fully saturated rings. The van der Waals surface area contributed by atoms with Crippen molar-refractivity contribution in [1.82, 2.24) is 0 Å². The molecule has 0 spiro atoms. The average Bonchev–Trinajstić information content (AvgIpc) is 2.92. The van der Waals surface area contributed by atoms with Crippen molar-refractivity contribution >= 4 is 20.6 Å². The quantitative estimate of drug-likeness (QED) is 0.192. The second kappa shape index (κ2) is 11.9. The zero-order valence-corrected chi connectivity index (χ0v) is 23.2. The van der Waals surface area contributed by atoms with Crippen molar-refractivity contribution in [2.45, 2.75) is 0 Å². The van der Waals surface area contributed by atoms with E-state index in [4.69, 9.17) is 0 Å². The predicted octanol–water partition coefficient (Wildman–Crippen LogP) is 4.49. The van der Waals surface area contributed by atoms with Crippen molar-refractivity contribution in [2.24, 2.45) is 0 Å². The molecule has 0 aliphatic heterocycles. The van der Waals surface area contributed by atoms with Gasteiger partial charge in [-0.3, -0.25) is 0 Å². The SMILES string of the molecule is O=S(=O)([O-])C(=C(c1ccccc1)c1cccc(-c2ccccc2)c1-c1ccccc1)c1ccccc1.[Na+]. The summed E-state index contributed by atoms with van der Waals surface area (Å²) in [6.45, 7) is 0. The van der Waals surface area contributed by atoms with Crippen LogP contribution >= 0.6 is 0 Å². The van der Waals surface area contributed by atoms with Gasteiger partial charge in [-0.2, -0.15) is 0 Å². The van der Waals surface area contributed by atoms with Crippen LogP contribution in [0.3, 0.4) is 0 Å². The molecule has 0 radical (unpaired) electrons. The van der Waals surface area contributed by atoms with Crippen molar-refractivity contribution in [1.29, 1.82) is 0 Å². The first-order valence-electron chi connectivity index (χ1n) is 11.6. The second-order valence-electron chi connectivity index (χ2n) is 8.35. The van der Waals surface area contributed by atoms with Gasteiger partial charge in [-0.15, -0.1) is 0 Å². The van der Waals surface area contributed by atoms with Gasteiger partial charge >= 0.3 is 29.6 Å². The van der Waals surface area contributed by atoms with Crippen LogP contribution in [0.5, 0.6) is 0 Å². The van der Waals surface area contributed by atoms with Gasteiger partial charge < -0.3 is 4.55 Å². The van der Waals surface area contributed by atoms with Crippen molar-refractivity contribution in [2.75, 3.05) is 0 Å². The summed E-state index contributed by atoms with van der Waals surface area (Å²) in [5.74, 6) is 0. The van der Waals surface area contributed by atoms with E-state index in [1.54, 1.807) is 30.3 Å². The minimum atomic E-state index is -4.86. The van der Waals surface area contributed by atoms with Crippen LogP contribution in [0, 0.1) is 0 Å². The van der Waals surface area contributed by atoms with Crippen LogP contribution in [0.2, 0.25) is 0 Å². The van der Waals surface area contributed by atoms with Crippen LogP contribution in [-0.2, 0) is 10.1 Å². The summed E-state index contributed by atoms with van der Waals surface area (Å²) < 4.78 is 38.7. The smallest absolute Gasteiger partial charge is 0.744 e. The molecule has 5 aromatic rings. The Bertz CT molecular complexity index is 1620. The Hall–Kier alpha value is -3.25. The first-order chi connectivity index (χ1) is 17.5. The molecule has 0 atom stereocenters. The Kier molecular flexibility index (Phi) is 8.59. The molecule has 0 aliphatic rings. The van der Waals surface area contributed by atoms with E-state index in [-0.39, 0.29) is 34.5 Å². The first kappa shape index (κ1) is 26.8. The van der Waals surface area contributed by atoms with Crippen LogP contribution < -0.4 is 29.6 Å². The third-order valence-corrected chi connectivity index (χ3v) is 7.00. The molecule has 0 amide bonds. The molecule has 0 saturated heterocycles. The second-order valence-corrected chi connectivity index (χ2v) is 9.67. The Morgan fingerprint density at radius 1 is 0.514 bits per heavy atom. The van der Waals surface area contributed by atoms with Gasteiger partial charge in [-0.05, 0) is 38.9 Å². The van der Waals surface area contributed by atoms with Gasteiger partial charge in [-0.25, -0.2) is 8.42 Å². The molecule has 0 heterocycles. The van der Waals surface area contributed by atoms with E-state index in [0.717, 1.165) is 22.3 Å². The average molecular weight is 511 g/mol. The summed E-state index contributed by atoms with van der Waals surface area (Å²) >= 11 is 0. The molecule has 5 aromatic carbocycles. The van der Waals surface area contributed by atoms with Crippen LogP contribution in [0.15, 0.2) is 140 Å². The van der Waals surface area contributed by atoms with Gasteiger partial charge in [0.1, 0.15) is 10.1 Å². The van der Waals surface area contributed by atoms with E-state index in [1.807, 2.05) is 109 Å². The Morgan fingerprint density at radius 2 is 0.973 bits per heavy atom. The Labute approximate surface area is 240 Å². The van der Waals surface area contributed by atoms with E-state index in [9.17, 15) is 13.0 Å². The molecule has 37 heavy (non-hydrogen) atoms. The molecule has 176 valence electrons. The molecule has 0 bridgehead atoms. The van der Waals surface area contributed by atoms with Crippen molar-refractivity contribution < 1.29 is 42.5 Å². The largest absolute Gasteiger partial charge is 1.00 e. The topological polar surface area (TPSA) is 57.2 Å². The molecule has 0 N–H and O–H groups in total. The molecular formula is C32H23NaO3S. The third kappa shape index (κ3) is 5.85. The number of benzene rings is 5. The summed E-state index contributed by atoms with van der Waals surface area (Å²) in [4.78, 5) is -0.239. The summed E-state index contributed by atoms with van der Waals surface area (Å²) in [6, 6.07) is 43.5. The molecule has 0 aromatic heterocycles. The summed E-state index contributed by atoms with van der Waals surface area (Å²) in [5, 5.41) is 0. The maximum atomic E-state index is 12.9. The van der Waals surface area contributed by atoms with Gasteiger partial charge in [0.25, 0.3) is 0 Å². The van der Waals surface area contributed by atoms with Crippen LogP contribution in [-0.4, -0.2) is 13.0 Å². The Morgan fingerprint density at radius 3 is 1.49 bits per heavy atom. The fraction of sp³-hybridized carbons (Fsp3) is 0. The van der Waals surface area contributed by atoms with E-state index in [1.165, 1.54) is 0 Å². The van der Waals surface area contributed by atoms with Crippen molar-refractivity contribution in [3.05, 3.63) is 156 Å². The first-order valence-corrected chi connectivity index (χ1v) is 13.0. The zero-order valence-electron chi connectivity index (χ0n) is 20.4. The van der Waals surface area contributed by atoms with E-state index in [0.29, 0.717) is 22.3 Å².